The van der Waals surface area contributed by atoms with Crippen molar-refractivity contribution in [1.29, 1.82) is 0 Å². The summed E-state index contributed by atoms with van der Waals surface area (Å²) in [4.78, 5) is 4.56. The van der Waals surface area contributed by atoms with E-state index in [0.29, 0.717) is 18.8 Å². The molecule has 3 N–H and O–H groups in total. The molecule has 1 aromatic carbocycles. The molecule has 0 unspecified atom stereocenters. The minimum absolute atomic E-state index is 0.345. The second-order valence-corrected chi connectivity index (χ2v) is 4.96. The summed E-state index contributed by atoms with van der Waals surface area (Å²) in [5.41, 5.74) is 3.53. The van der Waals surface area contributed by atoms with Crippen LogP contribution in [0, 0.1) is 0 Å². The maximum atomic E-state index is 10.0. The van der Waals surface area contributed by atoms with Crippen molar-refractivity contribution in [3.63, 3.8) is 0 Å². The molecule has 2 rings (SSSR count). The molecular formula is C12H16BrNO2. The second-order valence-electron chi connectivity index (χ2n) is 4.16. The zero-order valence-electron chi connectivity index (χ0n) is 9.13. The highest BCUT2D eigenvalue weighted by molar-refractivity contribution is 9.10. The van der Waals surface area contributed by atoms with Crippen LogP contribution in [0.3, 0.4) is 0 Å². The van der Waals surface area contributed by atoms with Crippen molar-refractivity contribution in [3.8, 4) is 5.75 Å². The molecular weight excluding hydrogens is 270 g/mol. The lowest BCUT2D eigenvalue weighted by Crippen LogP contribution is -2.08. The first-order valence-corrected chi connectivity index (χ1v) is 6.37. The van der Waals surface area contributed by atoms with Crippen LogP contribution in [0.25, 0.3) is 0 Å². The van der Waals surface area contributed by atoms with Crippen molar-refractivity contribution < 1.29 is 9.94 Å². The Bertz CT molecular complexity index is 393. The number of hydrogen-bond acceptors (Lipinski definition) is 3. The topological polar surface area (TPSA) is 55.5 Å². The van der Waals surface area contributed by atoms with Crippen LogP contribution in [-0.2, 0) is 24.1 Å². The van der Waals surface area contributed by atoms with Gasteiger partial charge in [0, 0.05) is 6.42 Å². The van der Waals surface area contributed by atoms with Gasteiger partial charge in [0.2, 0.25) is 0 Å². The van der Waals surface area contributed by atoms with E-state index < -0.39 is 0 Å². The molecule has 4 heteroatoms. The zero-order chi connectivity index (χ0) is 11.5. The lowest BCUT2D eigenvalue weighted by atomic mass is 9.89. The molecule has 0 saturated heterocycles. The number of halogens is 1. The second kappa shape index (κ2) is 5.17. The first kappa shape index (κ1) is 11.9. The van der Waals surface area contributed by atoms with E-state index in [4.69, 9.17) is 5.90 Å². The third-order valence-electron chi connectivity index (χ3n) is 3.13. The number of phenolic OH excluding ortho intramolecular Hbond substituents is 1. The first-order chi connectivity index (χ1) is 7.74. The Morgan fingerprint density at radius 2 is 2.12 bits per heavy atom. The summed E-state index contributed by atoms with van der Waals surface area (Å²) in [5, 5.41) is 10.0. The number of fused-ring (bicyclic) bond motifs is 1. The fourth-order valence-electron chi connectivity index (χ4n) is 2.26. The number of aromatic hydroxyl groups is 1. The molecule has 0 bridgehead atoms. The number of phenols is 1. The molecule has 0 aliphatic heterocycles. The summed E-state index contributed by atoms with van der Waals surface area (Å²) in [6, 6.07) is 2.09. The maximum absolute atomic E-state index is 10.0. The van der Waals surface area contributed by atoms with E-state index >= 15 is 0 Å². The van der Waals surface area contributed by atoms with Crippen LogP contribution >= 0.6 is 15.9 Å². The maximum Gasteiger partial charge on any atom is 0.133 e. The van der Waals surface area contributed by atoms with Crippen LogP contribution < -0.4 is 5.90 Å². The molecule has 0 radical (unpaired) electrons. The molecule has 0 saturated carbocycles. The molecule has 1 aromatic rings. The van der Waals surface area contributed by atoms with Gasteiger partial charge < -0.3 is 9.94 Å². The Hall–Kier alpha value is -0.580. The third-order valence-corrected chi connectivity index (χ3v) is 3.98. The number of rotatable bonds is 3. The van der Waals surface area contributed by atoms with Crippen LogP contribution in [0.15, 0.2) is 10.5 Å². The van der Waals surface area contributed by atoms with Gasteiger partial charge in [-0.15, -0.1) is 0 Å². The minimum atomic E-state index is 0.345. The van der Waals surface area contributed by atoms with E-state index in [1.807, 2.05) is 0 Å². The molecule has 1 aliphatic rings. The first-order valence-electron chi connectivity index (χ1n) is 5.57. The van der Waals surface area contributed by atoms with Gasteiger partial charge in [0.25, 0.3) is 0 Å². The monoisotopic (exact) mass is 285 g/mol. The predicted molar refractivity (Wildman–Crippen MR) is 66.3 cm³/mol. The molecule has 0 atom stereocenters. The smallest absolute Gasteiger partial charge is 0.133 e. The Kier molecular flexibility index (Phi) is 3.84. The van der Waals surface area contributed by atoms with Gasteiger partial charge >= 0.3 is 0 Å². The quantitative estimate of drug-likeness (QED) is 0.839. The van der Waals surface area contributed by atoms with E-state index in [1.165, 1.54) is 24.0 Å². The number of aryl methyl sites for hydroxylation is 1. The molecule has 0 heterocycles. The number of hydrogen-bond donors (Lipinski definition) is 2. The molecule has 0 spiro atoms. The lowest BCUT2D eigenvalue weighted by Gasteiger charge is -2.20. The van der Waals surface area contributed by atoms with Crippen LogP contribution in [0.2, 0.25) is 0 Å². The third kappa shape index (κ3) is 2.24. The van der Waals surface area contributed by atoms with Crippen molar-refractivity contribution in [3.05, 3.63) is 27.2 Å². The van der Waals surface area contributed by atoms with E-state index in [1.54, 1.807) is 0 Å². The number of benzene rings is 1. The average Bonchev–Trinajstić information content (AvgIpc) is 2.32. The van der Waals surface area contributed by atoms with Gasteiger partial charge in [-0.05, 0) is 58.3 Å². The van der Waals surface area contributed by atoms with Crippen molar-refractivity contribution in [2.75, 3.05) is 6.61 Å². The van der Waals surface area contributed by atoms with Gasteiger partial charge in [0.05, 0.1) is 11.1 Å². The van der Waals surface area contributed by atoms with E-state index in [2.05, 4.69) is 26.8 Å². The summed E-state index contributed by atoms with van der Waals surface area (Å²) in [6.45, 7) is 0.429. The molecule has 88 valence electrons. The van der Waals surface area contributed by atoms with Crippen LogP contribution in [0.4, 0.5) is 0 Å². The Morgan fingerprint density at radius 1 is 1.38 bits per heavy atom. The van der Waals surface area contributed by atoms with Crippen molar-refractivity contribution in [2.24, 2.45) is 5.90 Å². The van der Waals surface area contributed by atoms with Crippen LogP contribution in [0.5, 0.6) is 5.75 Å². The summed E-state index contributed by atoms with van der Waals surface area (Å²) in [5.74, 6) is 5.35. The summed E-state index contributed by atoms with van der Waals surface area (Å²) < 4.78 is 0.858. The fourth-order valence-corrected chi connectivity index (χ4v) is 2.97. The molecule has 0 amide bonds. The number of nitrogens with two attached hydrogens (primary N) is 1. The largest absolute Gasteiger partial charge is 0.506 e. The Labute approximate surface area is 104 Å². The van der Waals surface area contributed by atoms with Gasteiger partial charge in [-0.1, -0.05) is 6.07 Å². The van der Waals surface area contributed by atoms with E-state index in [0.717, 1.165) is 22.9 Å². The molecule has 16 heavy (non-hydrogen) atoms. The highest BCUT2D eigenvalue weighted by atomic mass is 79.9. The standard InChI is InChI=1S/C12H16BrNO2/c13-11-10-4-2-1-3-8(10)7-9(12(11)15)5-6-16-14/h7,15H,1-6,14H2. The molecule has 3 nitrogen and oxygen atoms in total. The lowest BCUT2D eigenvalue weighted by molar-refractivity contribution is 0.140. The van der Waals surface area contributed by atoms with Gasteiger partial charge in [-0.2, -0.15) is 0 Å². The van der Waals surface area contributed by atoms with E-state index in [-0.39, 0.29) is 0 Å². The SMILES string of the molecule is NOCCc1cc2c(c(Br)c1O)CCCC2. The van der Waals surface area contributed by atoms with Crippen molar-refractivity contribution >= 4 is 15.9 Å². The van der Waals surface area contributed by atoms with Crippen LogP contribution in [-0.4, -0.2) is 11.7 Å². The molecule has 1 aliphatic carbocycles. The van der Waals surface area contributed by atoms with Crippen molar-refractivity contribution in [1.82, 2.24) is 0 Å². The van der Waals surface area contributed by atoms with Crippen LogP contribution in [0.1, 0.15) is 29.5 Å². The average molecular weight is 286 g/mol. The Morgan fingerprint density at radius 3 is 2.88 bits per heavy atom. The minimum Gasteiger partial charge on any atom is -0.506 e. The van der Waals surface area contributed by atoms with Gasteiger partial charge in [-0.25, -0.2) is 5.90 Å². The highest BCUT2D eigenvalue weighted by Gasteiger charge is 2.18. The highest BCUT2D eigenvalue weighted by Crippen LogP contribution is 2.37. The van der Waals surface area contributed by atoms with Gasteiger partial charge in [-0.3, -0.25) is 0 Å². The summed E-state index contributed by atoms with van der Waals surface area (Å²) in [7, 11) is 0. The molecule has 0 aromatic heterocycles. The predicted octanol–water partition coefficient (Wildman–Crippen LogP) is 2.47. The summed E-state index contributed by atoms with van der Waals surface area (Å²) in [6.07, 6.45) is 5.24. The summed E-state index contributed by atoms with van der Waals surface area (Å²) >= 11 is 3.49. The van der Waals surface area contributed by atoms with Crippen molar-refractivity contribution in [2.45, 2.75) is 32.1 Å². The Balaban J connectivity index is 2.36. The van der Waals surface area contributed by atoms with Gasteiger partial charge in [0.1, 0.15) is 5.75 Å². The fraction of sp³-hybridized carbons (Fsp3) is 0.500. The zero-order valence-corrected chi connectivity index (χ0v) is 10.7. The molecule has 0 fully saturated rings. The van der Waals surface area contributed by atoms with E-state index in [9.17, 15) is 5.11 Å². The normalized spacial score (nSPS) is 14.9. The van der Waals surface area contributed by atoms with Gasteiger partial charge in [0.15, 0.2) is 0 Å².